The van der Waals surface area contributed by atoms with Crippen LogP contribution in [0.15, 0.2) is 0 Å². The van der Waals surface area contributed by atoms with E-state index in [0.29, 0.717) is 0 Å². The molecular formula is C7H13F2NS2. The average molecular weight is 213 g/mol. The maximum atomic E-state index is 12.3. The molecule has 1 unspecified atom stereocenters. The number of nitrogens with one attached hydrogen (secondary N) is 1. The predicted octanol–water partition coefficient (Wildman–Crippen LogP) is 1.64. The van der Waals surface area contributed by atoms with E-state index in [4.69, 9.17) is 11.2 Å². The highest BCUT2D eigenvalue weighted by atomic mass is 32.8. The molecule has 1 N–H and O–H groups in total. The van der Waals surface area contributed by atoms with E-state index in [9.17, 15) is 8.78 Å². The summed E-state index contributed by atoms with van der Waals surface area (Å²) in [6.07, 6.45) is 2.89. The van der Waals surface area contributed by atoms with Crippen molar-refractivity contribution in [1.82, 2.24) is 4.72 Å². The van der Waals surface area contributed by atoms with Gasteiger partial charge in [0.1, 0.15) is 0 Å². The molecule has 1 saturated carbocycles. The van der Waals surface area contributed by atoms with Crippen molar-refractivity contribution in [3.63, 3.8) is 0 Å². The highest BCUT2D eigenvalue weighted by Gasteiger charge is 2.44. The monoisotopic (exact) mass is 213 g/mol. The molecule has 0 aromatic heterocycles. The summed E-state index contributed by atoms with van der Waals surface area (Å²) in [6, 6.07) is 0. The molecule has 0 radical (unpaired) electrons. The van der Waals surface area contributed by atoms with Gasteiger partial charge in [-0.05, 0) is 29.8 Å². The van der Waals surface area contributed by atoms with Crippen LogP contribution in [-0.2, 0) is 20.8 Å². The van der Waals surface area contributed by atoms with Crippen molar-refractivity contribution in [2.75, 3.05) is 12.8 Å². The van der Waals surface area contributed by atoms with Gasteiger partial charge in [-0.15, -0.1) is 0 Å². The van der Waals surface area contributed by atoms with Crippen LogP contribution in [0.3, 0.4) is 0 Å². The first-order valence-corrected chi connectivity index (χ1v) is 6.50. The third-order valence-corrected chi connectivity index (χ3v) is 3.00. The number of halogens is 2. The smallest absolute Gasteiger partial charge is 0.248 e. The molecule has 1 fully saturated rings. The summed E-state index contributed by atoms with van der Waals surface area (Å²) in [5.74, 6) is -2.15. The van der Waals surface area contributed by atoms with Crippen LogP contribution in [0.5, 0.6) is 0 Å². The summed E-state index contributed by atoms with van der Waals surface area (Å²) in [5.41, 5.74) is 0. The van der Waals surface area contributed by atoms with Crippen LogP contribution in [0.25, 0.3) is 0 Å². The van der Waals surface area contributed by atoms with Gasteiger partial charge in [-0.1, -0.05) is 9.64 Å². The molecule has 1 nitrogen and oxygen atoms in total. The van der Waals surface area contributed by atoms with Crippen LogP contribution in [0.1, 0.15) is 19.3 Å². The van der Waals surface area contributed by atoms with Crippen molar-refractivity contribution in [3.8, 4) is 0 Å². The molecule has 72 valence electrons. The molecule has 0 aromatic rings. The Morgan fingerprint density at radius 3 is 2.58 bits per heavy atom. The molecule has 0 saturated heterocycles. The first-order valence-electron chi connectivity index (χ1n) is 3.94. The molecular weight excluding hydrogens is 200 g/mol. The largest absolute Gasteiger partial charge is 0.261 e. The molecule has 1 aliphatic rings. The molecule has 12 heavy (non-hydrogen) atoms. The number of rotatable bonds is 4. The summed E-state index contributed by atoms with van der Waals surface area (Å²) in [4.78, 5) is 0. The van der Waals surface area contributed by atoms with Crippen LogP contribution < -0.4 is 4.72 Å². The Bertz CT molecular complexity index is 176. The van der Waals surface area contributed by atoms with Crippen molar-refractivity contribution in [3.05, 3.63) is 0 Å². The van der Waals surface area contributed by atoms with Gasteiger partial charge in [0.2, 0.25) is 5.92 Å². The fourth-order valence-electron chi connectivity index (χ4n) is 1.40. The first-order chi connectivity index (χ1) is 5.49. The molecule has 1 aliphatic carbocycles. The maximum Gasteiger partial charge on any atom is 0.248 e. The standard InChI is InChI=1S/C7H13F2NS2/c1-12(11)10-3-2-6-4-7(8,9)5-6/h6,10H,2-5H2,1H3. The Morgan fingerprint density at radius 1 is 1.58 bits per heavy atom. The lowest BCUT2D eigenvalue weighted by molar-refractivity contribution is -0.111. The van der Waals surface area contributed by atoms with Crippen molar-refractivity contribution in [2.45, 2.75) is 25.2 Å². The summed E-state index contributed by atoms with van der Waals surface area (Å²) >= 11 is 4.90. The molecule has 0 spiro atoms. The molecule has 0 heterocycles. The van der Waals surface area contributed by atoms with E-state index in [1.54, 1.807) is 0 Å². The van der Waals surface area contributed by atoms with Gasteiger partial charge < -0.3 is 0 Å². The molecule has 0 aromatic carbocycles. The van der Waals surface area contributed by atoms with Crippen LogP contribution in [0, 0.1) is 5.92 Å². The topological polar surface area (TPSA) is 12.0 Å². The second-order valence-electron chi connectivity index (χ2n) is 3.27. The van der Waals surface area contributed by atoms with Crippen molar-refractivity contribution >= 4 is 20.8 Å². The summed E-state index contributed by atoms with van der Waals surface area (Å²) in [7, 11) is -0.183. The Kier molecular flexibility index (Phi) is 3.55. The molecule has 5 heteroatoms. The van der Waals surface area contributed by atoms with Crippen molar-refractivity contribution < 1.29 is 8.78 Å². The van der Waals surface area contributed by atoms with Gasteiger partial charge in [-0.3, -0.25) is 4.72 Å². The Balaban J connectivity index is 2.01. The van der Waals surface area contributed by atoms with Crippen LogP contribution in [0.2, 0.25) is 0 Å². The summed E-state index contributed by atoms with van der Waals surface area (Å²) < 4.78 is 27.7. The second kappa shape index (κ2) is 4.07. The van der Waals surface area contributed by atoms with E-state index in [2.05, 4.69) is 4.72 Å². The van der Waals surface area contributed by atoms with Gasteiger partial charge in [0, 0.05) is 19.4 Å². The molecule has 0 bridgehead atoms. The lowest BCUT2D eigenvalue weighted by atomic mass is 9.79. The van der Waals surface area contributed by atoms with Crippen LogP contribution >= 0.6 is 0 Å². The molecule has 1 rings (SSSR count). The van der Waals surface area contributed by atoms with E-state index in [1.807, 2.05) is 6.26 Å². The zero-order valence-corrected chi connectivity index (χ0v) is 8.61. The Labute approximate surface area is 78.6 Å². The third-order valence-electron chi connectivity index (χ3n) is 2.03. The van der Waals surface area contributed by atoms with E-state index < -0.39 is 5.92 Å². The second-order valence-corrected chi connectivity index (χ2v) is 5.96. The zero-order valence-electron chi connectivity index (χ0n) is 6.98. The van der Waals surface area contributed by atoms with Gasteiger partial charge in [0.15, 0.2) is 0 Å². The lowest BCUT2D eigenvalue weighted by Crippen LogP contribution is -2.37. The minimum atomic E-state index is -2.37. The van der Waals surface area contributed by atoms with E-state index in [0.717, 1.165) is 13.0 Å². The SMILES string of the molecule is CS(=S)NCCC1CC(F)(F)C1. The minimum Gasteiger partial charge on any atom is -0.261 e. The van der Waals surface area contributed by atoms with Crippen molar-refractivity contribution in [1.29, 1.82) is 0 Å². The minimum absolute atomic E-state index is 0.0730. The van der Waals surface area contributed by atoms with Gasteiger partial charge in [-0.2, -0.15) is 0 Å². The normalized spacial score (nSPS) is 24.9. The van der Waals surface area contributed by atoms with Crippen molar-refractivity contribution in [2.24, 2.45) is 5.92 Å². The van der Waals surface area contributed by atoms with E-state index >= 15 is 0 Å². The average Bonchev–Trinajstić information content (AvgIpc) is 1.82. The third kappa shape index (κ3) is 3.41. The summed E-state index contributed by atoms with van der Waals surface area (Å²) in [6.45, 7) is 0.782. The van der Waals surface area contributed by atoms with Gasteiger partial charge in [-0.25, -0.2) is 8.78 Å². The highest BCUT2D eigenvalue weighted by molar-refractivity contribution is 8.27. The van der Waals surface area contributed by atoms with Crippen LogP contribution in [0.4, 0.5) is 8.78 Å². The quantitative estimate of drug-likeness (QED) is 0.762. The lowest BCUT2D eigenvalue weighted by Gasteiger charge is -2.34. The van der Waals surface area contributed by atoms with Gasteiger partial charge in [0.25, 0.3) is 0 Å². The summed E-state index contributed by atoms with van der Waals surface area (Å²) in [5, 5.41) is 0. The number of hydrogen-bond acceptors (Lipinski definition) is 1. The Morgan fingerprint density at radius 2 is 2.17 bits per heavy atom. The van der Waals surface area contributed by atoms with E-state index in [1.165, 1.54) is 0 Å². The number of alkyl halides is 2. The molecule has 0 aliphatic heterocycles. The molecule has 1 atom stereocenters. The maximum absolute atomic E-state index is 12.3. The fourth-order valence-corrected chi connectivity index (χ4v) is 2.05. The number of hydrogen-bond donors (Lipinski definition) is 1. The zero-order chi connectivity index (χ0) is 9.19. The van der Waals surface area contributed by atoms with E-state index in [-0.39, 0.29) is 28.4 Å². The molecule has 0 amide bonds. The predicted molar refractivity (Wildman–Crippen MR) is 50.9 cm³/mol. The van der Waals surface area contributed by atoms with Gasteiger partial charge in [0.05, 0.1) is 0 Å². The highest BCUT2D eigenvalue weighted by Crippen LogP contribution is 2.43. The van der Waals surface area contributed by atoms with Crippen LogP contribution in [-0.4, -0.2) is 18.7 Å². The van der Waals surface area contributed by atoms with Gasteiger partial charge >= 0.3 is 0 Å². The fraction of sp³-hybridized carbons (Fsp3) is 1.00. The first kappa shape index (κ1) is 10.5. The Hall–Kier alpha value is 0.390.